The van der Waals surface area contributed by atoms with Crippen LogP contribution >= 0.6 is 0 Å². The van der Waals surface area contributed by atoms with Crippen molar-refractivity contribution >= 4 is 0 Å². The van der Waals surface area contributed by atoms with Crippen LogP contribution in [0.1, 0.15) is 70.6 Å². The first-order valence-electron chi connectivity index (χ1n) is 6.72. The fraction of sp³-hybridized carbons (Fsp3) is 0.733. The van der Waals surface area contributed by atoms with Gasteiger partial charge in [-0.3, -0.25) is 0 Å². The number of hydrogen-bond donors (Lipinski definition) is 0. The third kappa shape index (κ3) is 6.54. The summed E-state index contributed by atoms with van der Waals surface area (Å²) in [5.41, 5.74) is 1.72. The summed E-state index contributed by atoms with van der Waals surface area (Å²) in [6, 6.07) is 0. The van der Waals surface area contributed by atoms with Gasteiger partial charge in [0.2, 0.25) is 0 Å². The van der Waals surface area contributed by atoms with Crippen LogP contribution in [0.25, 0.3) is 0 Å². The molecule has 1 saturated carbocycles. The largest absolute Gasteiger partial charge is 0.103 e. The molecule has 0 atom stereocenters. The van der Waals surface area contributed by atoms with E-state index in [4.69, 9.17) is 0 Å². The third-order valence-corrected chi connectivity index (χ3v) is 3.30. The second-order valence-electron chi connectivity index (χ2n) is 4.70. The van der Waals surface area contributed by atoms with Gasteiger partial charge in [-0.05, 0) is 38.5 Å². The molecule has 0 aliphatic heterocycles. The lowest BCUT2D eigenvalue weighted by Gasteiger charge is -2.10. The van der Waals surface area contributed by atoms with Gasteiger partial charge in [0.05, 0.1) is 0 Å². The summed E-state index contributed by atoms with van der Waals surface area (Å²) >= 11 is 0. The van der Waals surface area contributed by atoms with E-state index in [1.54, 1.807) is 5.57 Å². The van der Waals surface area contributed by atoms with E-state index >= 15 is 0 Å². The molecular weight excluding hydrogens is 180 g/mol. The molecule has 0 spiro atoms. The van der Waals surface area contributed by atoms with Crippen LogP contribution < -0.4 is 0 Å². The molecule has 0 unspecified atom stereocenters. The number of rotatable bonds is 3. The molecule has 0 saturated heterocycles. The molecule has 15 heavy (non-hydrogen) atoms. The van der Waals surface area contributed by atoms with E-state index in [0.29, 0.717) is 0 Å². The average Bonchev–Trinajstić information content (AvgIpc) is 2.27. The van der Waals surface area contributed by atoms with Crippen LogP contribution in [-0.2, 0) is 0 Å². The summed E-state index contributed by atoms with van der Waals surface area (Å²) in [5, 5.41) is 0. The Morgan fingerprint density at radius 2 is 1.33 bits per heavy atom. The van der Waals surface area contributed by atoms with Gasteiger partial charge in [0.25, 0.3) is 0 Å². The van der Waals surface area contributed by atoms with Crippen LogP contribution in [0.4, 0.5) is 0 Å². The van der Waals surface area contributed by atoms with Crippen molar-refractivity contribution < 1.29 is 0 Å². The van der Waals surface area contributed by atoms with E-state index in [1.165, 1.54) is 64.2 Å². The zero-order chi connectivity index (χ0) is 10.8. The topological polar surface area (TPSA) is 0 Å². The minimum atomic E-state index is 1.14. The van der Waals surface area contributed by atoms with Crippen molar-refractivity contribution in [2.24, 2.45) is 0 Å². The predicted octanol–water partition coefficient (Wildman–Crippen LogP) is 5.40. The molecule has 0 nitrogen and oxygen atoms in total. The van der Waals surface area contributed by atoms with Crippen LogP contribution in [0.3, 0.4) is 0 Å². The molecule has 0 heteroatoms. The van der Waals surface area contributed by atoms with Crippen molar-refractivity contribution in [1.82, 2.24) is 0 Å². The molecule has 86 valence electrons. The maximum absolute atomic E-state index is 3.77. The quantitative estimate of drug-likeness (QED) is 0.428. The van der Waals surface area contributed by atoms with Gasteiger partial charge in [-0.25, -0.2) is 0 Å². The van der Waals surface area contributed by atoms with Crippen molar-refractivity contribution in [2.45, 2.75) is 70.6 Å². The monoisotopic (exact) mass is 206 g/mol. The minimum Gasteiger partial charge on any atom is -0.103 e. The summed E-state index contributed by atoms with van der Waals surface area (Å²) in [7, 11) is 0. The molecule has 1 rings (SSSR count). The fourth-order valence-corrected chi connectivity index (χ4v) is 2.32. The highest BCUT2D eigenvalue weighted by Gasteiger charge is 2.01. The number of hydrogen-bond acceptors (Lipinski definition) is 0. The maximum Gasteiger partial charge on any atom is -0.0313 e. The van der Waals surface area contributed by atoms with Crippen LogP contribution in [0.5, 0.6) is 0 Å². The van der Waals surface area contributed by atoms with E-state index in [-0.39, 0.29) is 0 Å². The number of unbranched alkanes of at least 4 members (excludes halogenated alkanes) is 1. The van der Waals surface area contributed by atoms with E-state index in [1.807, 2.05) is 6.08 Å². The zero-order valence-electron chi connectivity index (χ0n) is 10.1. The van der Waals surface area contributed by atoms with Gasteiger partial charge in [-0.2, -0.15) is 0 Å². The molecule has 0 amide bonds. The molecule has 0 aromatic rings. The van der Waals surface area contributed by atoms with Crippen molar-refractivity contribution in [1.29, 1.82) is 0 Å². The summed E-state index contributed by atoms with van der Waals surface area (Å²) in [6.45, 7) is 3.77. The van der Waals surface area contributed by atoms with E-state index in [0.717, 1.165) is 6.42 Å². The van der Waals surface area contributed by atoms with Crippen LogP contribution in [0, 0.1) is 0 Å². The molecule has 1 fully saturated rings. The summed E-state index contributed by atoms with van der Waals surface area (Å²) < 4.78 is 0. The van der Waals surface area contributed by atoms with Gasteiger partial charge in [-0.1, -0.05) is 49.8 Å². The maximum atomic E-state index is 3.77. The number of allylic oxidation sites excluding steroid dienone is 3. The van der Waals surface area contributed by atoms with Crippen LogP contribution in [0.2, 0.25) is 0 Å². The summed E-state index contributed by atoms with van der Waals surface area (Å²) in [5.74, 6) is 0. The van der Waals surface area contributed by atoms with Gasteiger partial charge in [0, 0.05) is 0 Å². The van der Waals surface area contributed by atoms with E-state index < -0.39 is 0 Å². The Labute approximate surface area is 95.5 Å². The lowest BCUT2D eigenvalue weighted by molar-refractivity contribution is 0.550. The smallest absolute Gasteiger partial charge is 0.0313 e. The zero-order valence-corrected chi connectivity index (χ0v) is 10.1. The second-order valence-corrected chi connectivity index (χ2v) is 4.70. The molecule has 1 aliphatic rings. The lowest BCUT2D eigenvalue weighted by Crippen LogP contribution is -1.90. The van der Waals surface area contributed by atoms with Crippen molar-refractivity contribution in [3.63, 3.8) is 0 Å². The van der Waals surface area contributed by atoms with E-state index in [9.17, 15) is 0 Å². The Bertz CT molecular complexity index is 176. The molecular formula is C15H26. The highest BCUT2D eigenvalue weighted by atomic mass is 14.1. The second kappa shape index (κ2) is 8.76. The molecule has 0 aromatic carbocycles. The van der Waals surface area contributed by atoms with Gasteiger partial charge >= 0.3 is 0 Å². The van der Waals surface area contributed by atoms with Gasteiger partial charge < -0.3 is 0 Å². The Hall–Kier alpha value is -0.520. The first kappa shape index (κ1) is 12.5. The summed E-state index contributed by atoms with van der Waals surface area (Å²) in [6.07, 6.45) is 19.7. The molecule has 1 aliphatic carbocycles. The SMILES string of the molecule is C=CCCC=C1CCCCCCCCC1. The lowest BCUT2D eigenvalue weighted by atomic mass is 9.96. The Morgan fingerprint density at radius 1 is 0.800 bits per heavy atom. The molecule has 0 radical (unpaired) electrons. The first-order chi connectivity index (χ1) is 7.43. The Balaban J connectivity index is 2.30. The van der Waals surface area contributed by atoms with Gasteiger partial charge in [-0.15, -0.1) is 6.58 Å². The molecule has 0 bridgehead atoms. The predicted molar refractivity (Wildman–Crippen MR) is 69.1 cm³/mol. The fourth-order valence-electron chi connectivity index (χ4n) is 2.32. The third-order valence-electron chi connectivity index (χ3n) is 3.30. The summed E-state index contributed by atoms with van der Waals surface area (Å²) in [4.78, 5) is 0. The van der Waals surface area contributed by atoms with Crippen LogP contribution in [-0.4, -0.2) is 0 Å². The first-order valence-corrected chi connectivity index (χ1v) is 6.72. The molecule has 0 N–H and O–H groups in total. The van der Waals surface area contributed by atoms with Gasteiger partial charge in [0.1, 0.15) is 0 Å². The highest BCUT2D eigenvalue weighted by molar-refractivity contribution is 5.02. The van der Waals surface area contributed by atoms with Gasteiger partial charge in [0.15, 0.2) is 0 Å². The van der Waals surface area contributed by atoms with Crippen LogP contribution in [0.15, 0.2) is 24.3 Å². The normalized spacial score (nSPS) is 19.6. The van der Waals surface area contributed by atoms with Crippen molar-refractivity contribution in [3.05, 3.63) is 24.3 Å². The molecule has 0 aromatic heterocycles. The van der Waals surface area contributed by atoms with Crippen molar-refractivity contribution in [3.8, 4) is 0 Å². The Morgan fingerprint density at radius 3 is 1.87 bits per heavy atom. The average molecular weight is 206 g/mol. The molecule has 0 heterocycles. The highest BCUT2D eigenvalue weighted by Crippen LogP contribution is 2.21. The standard InChI is InChI=1S/C15H26/c1-2-3-9-12-15-13-10-7-5-4-6-8-11-14-15/h2,12H,1,3-11,13-14H2. The van der Waals surface area contributed by atoms with E-state index in [2.05, 4.69) is 12.7 Å². The Kier molecular flexibility index (Phi) is 7.33. The minimum absolute atomic E-state index is 1.14. The van der Waals surface area contributed by atoms with Crippen molar-refractivity contribution in [2.75, 3.05) is 0 Å².